The van der Waals surface area contributed by atoms with Crippen molar-refractivity contribution < 1.29 is 14.2 Å². The third-order valence-electron chi connectivity index (χ3n) is 4.69. The summed E-state index contributed by atoms with van der Waals surface area (Å²) in [6, 6.07) is 16.0. The van der Waals surface area contributed by atoms with Crippen molar-refractivity contribution in [3.05, 3.63) is 66.0 Å². The fourth-order valence-electron chi connectivity index (χ4n) is 3.58. The topological polar surface area (TPSA) is 50.5 Å². The van der Waals surface area contributed by atoms with Crippen LogP contribution in [-0.4, -0.2) is 39.0 Å². The number of nitrogens with zero attached hydrogens (tertiary/aromatic N) is 3. The van der Waals surface area contributed by atoms with Gasteiger partial charge in [-0.1, -0.05) is 44.2 Å². The predicted octanol–water partition coefficient (Wildman–Crippen LogP) is 4.86. The van der Waals surface area contributed by atoms with E-state index in [4.69, 9.17) is 9.84 Å². The van der Waals surface area contributed by atoms with Gasteiger partial charge in [-0.05, 0) is 37.1 Å². The normalized spacial score (nSPS) is 12.5. The smallest absolute Gasteiger partial charge is 0.222 e. The standard InChI is InChI=1S/C24H30FN3O2/c1-17(2)14-28(15-18(3)29)16-22-23(19-8-6-5-7-9-19)26-27(4)24(22)30-21-12-10-20(25)11-13-21/h5-13,17-18,29H,14-16H2,1-4H3/t18-/m0/s1. The van der Waals surface area contributed by atoms with E-state index in [0.29, 0.717) is 30.6 Å². The van der Waals surface area contributed by atoms with E-state index in [1.165, 1.54) is 12.1 Å². The second kappa shape index (κ2) is 9.87. The van der Waals surface area contributed by atoms with E-state index < -0.39 is 6.10 Å². The molecule has 0 saturated carbocycles. The van der Waals surface area contributed by atoms with Crippen molar-refractivity contribution >= 4 is 0 Å². The summed E-state index contributed by atoms with van der Waals surface area (Å²) >= 11 is 0. The van der Waals surface area contributed by atoms with Crippen LogP contribution in [0.5, 0.6) is 11.6 Å². The maximum atomic E-state index is 13.3. The first-order chi connectivity index (χ1) is 14.3. The molecule has 0 unspecified atom stereocenters. The number of aromatic nitrogens is 2. The van der Waals surface area contributed by atoms with Crippen LogP contribution in [0.25, 0.3) is 11.3 Å². The minimum Gasteiger partial charge on any atom is -0.439 e. The molecule has 1 N–H and O–H groups in total. The zero-order valence-corrected chi connectivity index (χ0v) is 18.0. The Hall–Kier alpha value is -2.70. The lowest BCUT2D eigenvalue weighted by Crippen LogP contribution is -2.33. The Balaban J connectivity index is 2.02. The Labute approximate surface area is 177 Å². The Morgan fingerprint density at radius 2 is 1.70 bits per heavy atom. The number of aliphatic hydroxyl groups is 1. The third-order valence-corrected chi connectivity index (χ3v) is 4.69. The number of hydrogen-bond acceptors (Lipinski definition) is 4. The summed E-state index contributed by atoms with van der Waals surface area (Å²) < 4.78 is 21.2. The van der Waals surface area contributed by atoms with Gasteiger partial charge in [-0.3, -0.25) is 4.90 Å². The Kier molecular flexibility index (Phi) is 7.24. The summed E-state index contributed by atoms with van der Waals surface area (Å²) in [6.45, 7) is 8.09. The molecule has 30 heavy (non-hydrogen) atoms. The van der Waals surface area contributed by atoms with Gasteiger partial charge in [0.1, 0.15) is 17.3 Å². The zero-order chi connectivity index (χ0) is 21.7. The summed E-state index contributed by atoms with van der Waals surface area (Å²) in [5, 5.41) is 14.7. The van der Waals surface area contributed by atoms with Gasteiger partial charge in [-0.25, -0.2) is 9.07 Å². The molecular weight excluding hydrogens is 381 g/mol. The van der Waals surface area contributed by atoms with Gasteiger partial charge in [-0.2, -0.15) is 5.10 Å². The highest BCUT2D eigenvalue weighted by Crippen LogP contribution is 2.34. The number of hydrogen-bond donors (Lipinski definition) is 1. The molecule has 2 aromatic carbocycles. The first-order valence-electron chi connectivity index (χ1n) is 10.3. The van der Waals surface area contributed by atoms with E-state index in [9.17, 15) is 9.50 Å². The monoisotopic (exact) mass is 411 g/mol. The molecule has 0 aliphatic heterocycles. The van der Waals surface area contributed by atoms with Crippen molar-refractivity contribution in [3.8, 4) is 22.9 Å². The minimum atomic E-state index is -0.443. The average molecular weight is 412 g/mol. The van der Waals surface area contributed by atoms with E-state index in [2.05, 4.69) is 18.7 Å². The molecule has 6 heteroatoms. The van der Waals surface area contributed by atoms with Crippen molar-refractivity contribution in [3.63, 3.8) is 0 Å². The maximum Gasteiger partial charge on any atom is 0.222 e. The van der Waals surface area contributed by atoms with Gasteiger partial charge in [0.25, 0.3) is 0 Å². The fraction of sp³-hybridized carbons (Fsp3) is 0.375. The highest BCUT2D eigenvalue weighted by molar-refractivity contribution is 5.65. The van der Waals surface area contributed by atoms with E-state index in [1.54, 1.807) is 23.7 Å². The Morgan fingerprint density at radius 1 is 1.03 bits per heavy atom. The SMILES string of the molecule is CC(C)CN(Cc1c(-c2ccccc2)nn(C)c1Oc1ccc(F)cc1)C[C@H](C)O. The number of benzene rings is 2. The highest BCUT2D eigenvalue weighted by Gasteiger charge is 2.23. The van der Waals surface area contributed by atoms with E-state index in [0.717, 1.165) is 23.4 Å². The number of aryl methyl sites for hydroxylation is 1. The van der Waals surface area contributed by atoms with Crippen LogP contribution in [0.3, 0.4) is 0 Å². The van der Waals surface area contributed by atoms with Gasteiger partial charge in [0.15, 0.2) is 0 Å². The van der Waals surface area contributed by atoms with Crippen LogP contribution in [-0.2, 0) is 13.6 Å². The summed E-state index contributed by atoms with van der Waals surface area (Å²) in [4.78, 5) is 2.22. The van der Waals surface area contributed by atoms with Crippen molar-refractivity contribution in [2.24, 2.45) is 13.0 Å². The summed E-state index contributed by atoms with van der Waals surface area (Å²) in [5.41, 5.74) is 2.78. The van der Waals surface area contributed by atoms with E-state index in [-0.39, 0.29) is 5.82 Å². The van der Waals surface area contributed by atoms with Gasteiger partial charge in [0, 0.05) is 32.2 Å². The van der Waals surface area contributed by atoms with Crippen LogP contribution in [0.2, 0.25) is 0 Å². The van der Waals surface area contributed by atoms with Crippen molar-refractivity contribution in [2.45, 2.75) is 33.4 Å². The van der Waals surface area contributed by atoms with Crippen LogP contribution in [0, 0.1) is 11.7 Å². The van der Waals surface area contributed by atoms with Crippen molar-refractivity contribution in [1.82, 2.24) is 14.7 Å². The third kappa shape index (κ3) is 5.68. The summed E-state index contributed by atoms with van der Waals surface area (Å²) in [6.07, 6.45) is -0.443. The van der Waals surface area contributed by atoms with Crippen LogP contribution >= 0.6 is 0 Å². The lowest BCUT2D eigenvalue weighted by Gasteiger charge is -2.26. The summed E-state index contributed by atoms with van der Waals surface area (Å²) in [5.74, 6) is 1.30. The van der Waals surface area contributed by atoms with Crippen LogP contribution in [0.4, 0.5) is 4.39 Å². The zero-order valence-electron chi connectivity index (χ0n) is 18.0. The largest absolute Gasteiger partial charge is 0.439 e. The minimum absolute atomic E-state index is 0.308. The van der Waals surface area contributed by atoms with Crippen LogP contribution in [0.1, 0.15) is 26.3 Å². The fourth-order valence-corrected chi connectivity index (χ4v) is 3.58. The quantitative estimate of drug-likeness (QED) is 0.546. The van der Waals surface area contributed by atoms with Gasteiger partial charge in [0.05, 0.1) is 11.7 Å². The molecule has 1 heterocycles. The molecule has 160 valence electrons. The van der Waals surface area contributed by atoms with Gasteiger partial charge < -0.3 is 9.84 Å². The number of ether oxygens (including phenoxy) is 1. The van der Waals surface area contributed by atoms with Crippen molar-refractivity contribution in [2.75, 3.05) is 13.1 Å². The van der Waals surface area contributed by atoms with E-state index >= 15 is 0 Å². The lowest BCUT2D eigenvalue weighted by atomic mass is 10.1. The number of aliphatic hydroxyl groups excluding tert-OH is 1. The molecule has 0 spiro atoms. The lowest BCUT2D eigenvalue weighted by molar-refractivity contribution is 0.114. The number of halogens is 1. The van der Waals surface area contributed by atoms with Crippen LogP contribution < -0.4 is 4.74 Å². The van der Waals surface area contributed by atoms with Crippen LogP contribution in [0.15, 0.2) is 54.6 Å². The van der Waals surface area contributed by atoms with Gasteiger partial charge >= 0.3 is 0 Å². The van der Waals surface area contributed by atoms with Gasteiger partial charge in [-0.15, -0.1) is 0 Å². The second-order valence-electron chi connectivity index (χ2n) is 8.11. The number of rotatable bonds is 9. The molecular formula is C24H30FN3O2. The molecule has 0 radical (unpaired) electrons. The first kappa shape index (κ1) is 22.0. The Morgan fingerprint density at radius 3 is 2.30 bits per heavy atom. The predicted molar refractivity (Wildman–Crippen MR) is 117 cm³/mol. The molecule has 0 saturated heterocycles. The molecule has 0 aliphatic rings. The molecule has 3 rings (SSSR count). The maximum absolute atomic E-state index is 13.3. The Bertz CT molecular complexity index is 927. The van der Waals surface area contributed by atoms with Gasteiger partial charge in [0.2, 0.25) is 5.88 Å². The average Bonchev–Trinajstić information content (AvgIpc) is 2.99. The molecule has 5 nitrogen and oxygen atoms in total. The summed E-state index contributed by atoms with van der Waals surface area (Å²) in [7, 11) is 1.84. The molecule has 0 fully saturated rings. The molecule has 3 aromatic rings. The second-order valence-corrected chi connectivity index (χ2v) is 8.11. The molecule has 0 bridgehead atoms. The molecule has 0 amide bonds. The van der Waals surface area contributed by atoms with E-state index in [1.807, 2.05) is 37.4 Å². The van der Waals surface area contributed by atoms with Crippen molar-refractivity contribution in [1.29, 1.82) is 0 Å². The molecule has 0 aliphatic carbocycles. The molecule has 1 atom stereocenters. The highest BCUT2D eigenvalue weighted by atomic mass is 19.1. The molecule has 1 aromatic heterocycles. The first-order valence-corrected chi connectivity index (χ1v) is 10.3.